The summed E-state index contributed by atoms with van der Waals surface area (Å²) < 4.78 is 7.23. The van der Waals surface area contributed by atoms with Crippen molar-refractivity contribution in [3.8, 4) is 5.75 Å². The first kappa shape index (κ1) is 12.3. The fourth-order valence-electron chi connectivity index (χ4n) is 1.78. The van der Waals surface area contributed by atoms with Crippen LogP contribution in [-0.4, -0.2) is 23.2 Å². The van der Waals surface area contributed by atoms with Gasteiger partial charge in [-0.25, -0.2) is 4.98 Å². The first-order chi connectivity index (χ1) is 8.81. The maximum Gasteiger partial charge on any atom is 0.143 e. The SMILES string of the molecule is COc1cccc(NCCCn2ccnc2)c1N. The Morgan fingerprint density at radius 1 is 1.44 bits per heavy atom. The summed E-state index contributed by atoms with van der Waals surface area (Å²) in [6.45, 7) is 1.80. The Bertz CT molecular complexity index is 482. The largest absolute Gasteiger partial charge is 0.495 e. The van der Waals surface area contributed by atoms with Crippen molar-refractivity contribution in [2.24, 2.45) is 0 Å². The Balaban J connectivity index is 1.83. The van der Waals surface area contributed by atoms with Crippen molar-refractivity contribution in [2.45, 2.75) is 13.0 Å². The number of nitrogen functional groups attached to an aromatic ring is 1. The van der Waals surface area contributed by atoms with Crippen LogP contribution in [0.5, 0.6) is 5.75 Å². The molecule has 96 valence electrons. The van der Waals surface area contributed by atoms with Crippen LogP contribution < -0.4 is 15.8 Å². The molecule has 0 radical (unpaired) electrons. The van der Waals surface area contributed by atoms with Gasteiger partial charge in [-0.05, 0) is 18.6 Å². The highest BCUT2D eigenvalue weighted by Crippen LogP contribution is 2.28. The molecule has 0 aliphatic heterocycles. The zero-order chi connectivity index (χ0) is 12.8. The quantitative estimate of drug-likeness (QED) is 0.604. The third-order valence-corrected chi connectivity index (χ3v) is 2.75. The third kappa shape index (κ3) is 2.94. The van der Waals surface area contributed by atoms with Gasteiger partial charge in [0, 0.05) is 25.5 Å². The molecule has 0 saturated heterocycles. The van der Waals surface area contributed by atoms with Gasteiger partial charge in [-0.2, -0.15) is 0 Å². The minimum atomic E-state index is 0.655. The highest BCUT2D eigenvalue weighted by Gasteiger charge is 2.03. The lowest BCUT2D eigenvalue weighted by atomic mass is 10.2. The van der Waals surface area contributed by atoms with Crippen molar-refractivity contribution >= 4 is 11.4 Å². The van der Waals surface area contributed by atoms with Crippen LogP contribution in [0.15, 0.2) is 36.9 Å². The first-order valence-electron chi connectivity index (χ1n) is 5.93. The second-order valence-electron chi connectivity index (χ2n) is 4.00. The molecule has 0 atom stereocenters. The molecule has 0 unspecified atom stereocenters. The number of aryl methyl sites for hydroxylation is 1. The van der Waals surface area contributed by atoms with E-state index in [1.54, 1.807) is 13.3 Å². The number of nitrogens with zero attached hydrogens (tertiary/aromatic N) is 2. The summed E-state index contributed by atoms with van der Waals surface area (Å²) >= 11 is 0. The second-order valence-corrected chi connectivity index (χ2v) is 4.00. The number of anilines is 2. The second kappa shape index (κ2) is 5.95. The van der Waals surface area contributed by atoms with Crippen molar-refractivity contribution in [1.29, 1.82) is 0 Å². The van der Waals surface area contributed by atoms with Gasteiger partial charge < -0.3 is 20.4 Å². The molecule has 3 N–H and O–H groups in total. The van der Waals surface area contributed by atoms with Crippen LogP contribution in [-0.2, 0) is 6.54 Å². The molecule has 1 aromatic heterocycles. The number of nitrogens with two attached hydrogens (primary N) is 1. The topological polar surface area (TPSA) is 65.1 Å². The Morgan fingerprint density at radius 2 is 2.33 bits per heavy atom. The van der Waals surface area contributed by atoms with Gasteiger partial charge in [0.25, 0.3) is 0 Å². The van der Waals surface area contributed by atoms with E-state index in [1.165, 1.54) is 0 Å². The van der Waals surface area contributed by atoms with E-state index in [-0.39, 0.29) is 0 Å². The van der Waals surface area contributed by atoms with E-state index in [9.17, 15) is 0 Å². The number of ether oxygens (including phenoxy) is 1. The van der Waals surface area contributed by atoms with Gasteiger partial charge in [0.05, 0.1) is 24.8 Å². The first-order valence-corrected chi connectivity index (χ1v) is 5.93. The van der Waals surface area contributed by atoms with Crippen LogP contribution in [0.2, 0.25) is 0 Å². The number of imidazole rings is 1. The molecular weight excluding hydrogens is 228 g/mol. The van der Waals surface area contributed by atoms with E-state index in [4.69, 9.17) is 10.5 Å². The molecule has 0 saturated carbocycles. The van der Waals surface area contributed by atoms with E-state index < -0.39 is 0 Å². The Labute approximate surface area is 107 Å². The van der Waals surface area contributed by atoms with Crippen molar-refractivity contribution in [3.63, 3.8) is 0 Å². The lowest BCUT2D eigenvalue weighted by molar-refractivity contribution is 0.417. The van der Waals surface area contributed by atoms with Crippen LogP contribution in [0, 0.1) is 0 Å². The molecule has 0 aliphatic rings. The van der Waals surface area contributed by atoms with Crippen LogP contribution >= 0.6 is 0 Å². The smallest absolute Gasteiger partial charge is 0.143 e. The molecule has 0 aliphatic carbocycles. The summed E-state index contributed by atoms with van der Waals surface area (Å²) in [6, 6.07) is 5.73. The molecule has 0 fully saturated rings. The van der Waals surface area contributed by atoms with E-state index in [0.717, 1.165) is 25.2 Å². The third-order valence-electron chi connectivity index (χ3n) is 2.75. The van der Waals surface area contributed by atoms with Crippen LogP contribution in [0.25, 0.3) is 0 Å². The maximum atomic E-state index is 5.97. The molecule has 0 spiro atoms. The zero-order valence-corrected chi connectivity index (χ0v) is 10.5. The standard InChI is InChI=1S/C13H18N4O/c1-18-12-5-2-4-11(13(12)14)16-6-3-8-17-9-7-15-10-17/h2,4-5,7,9-10,16H,3,6,8,14H2,1H3. The Morgan fingerprint density at radius 3 is 3.06 bits per heavy atom. The lowest BCUT2D eigenvalue weighted by Gasteiger charge is -2.12. The summed E-state index contributed by atoms with van der Waals surface area (Å²) in [5.74, 6) is 0.703. The fourth-order valence-corrected chi connectivity index (χ4v) is 1.78. The molecule has 5 nitrogen and oxygen atoms in total. The van der Waals surface area contributed by atoms with Crippen molar-refractivity contribution < 1.29 is 4.74 Å². The van der Waals surface area contributed by atoms with Crippen molar-refractivity contribution in [2.75, 3.05) is 24.7 Å². The summed E-state index contributed by atoms with van der Waals surface area (Å²) in [5, 5.41) is 3.31. The molecule has 0 bridgehead atoms. The molecule has 18 heavy (non-hydrogen) atoms. The average Bonchev–Trinajstić information content (AvgIpc) is 2.89. The summed E-state index contributed by atoms with van der Waals surface area (Å²) in [7, 11) is 1.62. The van der Waals surface area contributed by atoms with Gasteiger partial charge in [0.15, 0.2) is 0 Å². The molecule has 2 aromatic rings. The minimum absolute atomic E-state index is 0.655. The predicted molar refractivity (Wildman–Crippen MR) is 72.7 cm³/mol. The van der Waals surface area contributed by atoms with Gasteiger partial charge in [-0.3, -0.25) is 0 Å². The normalized spacial score (nSPS) is 10.3. The van der Waals surface area contributed by atoms with E-state index in [2.05, 4.69) is 14.9 Å². The zero-order valence-electron chi connectivity index (χ0n) is 10.5. The van der Waals surface area contributed by atoms with Gasteiger partial charge in [-0.15, -0.1) is 0 Å². The molecule has 1 heterocycles. The lowest BCUT2D eigenvalue weighted by Crippen LogP contribution is -2.07. The fraction of sp³-hybridized carbons (Fsp3) is 0.308. The van der Waals surface area contributed by atoms with E-state index in [1.807, 2.05) is 30.7 Å². The molecule has 5 heteroatoms. The van der Waals surface area contributed by atoms with Crippen molar-refractivity contribution in [1.82, 2.24) is 9.55 Å². The van der Waals surface area contributed by atoms with Crippen molar-refractivity contribution in [3.05, 3.63) is 36.9 Å². The Hall–Kier alpha value is -2.17. The van der Waals surface area contributed by atoms with Gasteiger partial charge >= 0.3 is 0 Å². The molecule has 2 rings (SSSR count). The number of benzene rings is 1. The molecule has 0 amide bonds. The summed E-state index contributed by atoms with van der Waals surface area (Å²) in [4.78, 5) is 4.00. The molecular formula is C13H18N4O. The number of hydrogen-bond acceptors (Lipinski definition) is 4. The summed E-state index contributed by atoms with van der Waals surface area (Å²) in [6.07, 6.45) is 6.57. The van der Waals surface area contributed by atoms with Gasteiger partial charge in [0.2, 0.25) is 0 Å². The van der Waals surface area contributed by atoms with Crippen LogP contribution in [0.3, 0.4) is 0 Å². The van der Waals surface area contributed by atoms with E-state index >= 15 is 0 Å². The van der Waals surface area contributed by atoms with Crippen LogP contribution in [0.4, 0.5) is 11.4 Å². The van der Waals surface area contributed by atoms with Gasteiger partial charge in [-0.1, -0.05) is 6.07 Å². The summed E-state index contributed by atoms with van der Waals surface area (Å²) in [5.41, 5.74) is 7.54. The van der Waals surface area contributed by atoms with Gasteiger partial charge in [0.1, 0.15) is 5.75 Å². The minimum Gasteiger partial charge on any atom is -0.495 e. The number of nitrogens with one attached hydrogen (secondary N) is 1. The number of aromatic nitrogens is 2. The number of para-hydroxylation sites is 1. The Kier molecular flexibility index (Phi) is 4.06. The monoisotopic (exact) mass is 246 g/mol. The highest BCUT2D eigenvalue weighted by molar-refractivity contribution is 5.72. The predicted octanol–water partition coefficient (Wildman–Crippen LogP) is 1.98. The number of rotatable bonds is 6. The highest BCUT2D eigenvalue weighted by atomic mass is 16.5. The number of methoxy groups -OCH3 is 1. The molecule has 1 aromatic carbocycles. The number of hydrogen-bond donors (Lipinski definition) is 2. The maximum absolute atomic E-state index is 5.97. The van der Waals surface area contributed by atoms with Crippen LogP contribution in [0.1, 0.15) is 6.42 Å². The average molecular weight is 246 g/mol. The van der Waals surface area contributed by atoms with E-state index in [0.29, 0.717) is 11.4 Å².